The van der Waals surface area contributed by atoms with Gasteiger partial charge in [0, 0.05) is 12.3 Å². The van der Waals surface area contributed by atoms with Gasteiger partial charge < -0.3 is 9.84 Å². The number of aromatic nitrogens is 1. The van der Waals surface area contributed by atoms with E-state index in [1.807, 2.05) is 0 Å². The molecule has 4 nitrogen and oxygen atoms in total. The number of hydrogen-bond donors (Lipinski definition) is 1. The third-order valence-corrected chi connectivity index (χ3v) is 1.88. The molecule has 1 saturated carbocycles. The Morgan fingerprint density at radius 3 is 2.93 bits per heavy atom. The second-order valence-electron chi connectivity index (χ2n) is 3.13. The Bertz CT molecular complexity index is 376. The summed E-state index contributed by atoms with van der Waals surface area (Å²) in [6.07, 6.45) is 2.79. The van der Waals surface area contributed by atoms with Gasteiger partial charge in [-0.25, -0.2) is 9.78 Å². The zero-order valence-corrected chi connectivity index (χ0v) is 7.24. The first kappa shape index (κ1) is 8.93. The first-order chi connectivity index (χ1) is 6.66. The van der Waals surface area contributed by atoms with Gasteiger partial charge in [-0.3, -0.25) is 0 Å². The maximum Gasteiger partial charge on any atom is 0.341 e. The van der Waals surface area contributed by atoms with Crippen LogP contribution in [0.3, 0.4) is 0 Å². The smallest absolute Gasteiger partial charge is 0.341 e. The molecule has 1 N–H and O–H groups in total. The number of carbonyl (C=O) groups is 1. The van der Waals surface area contributed by atoms with Crippen molar-refractivity contribution < 1.29 is 19.0 Å². The van der Waals surface area contributed by atoms with Gasteiger partial charge in [0.15, 0.2) is 0 Å². The van der Waals surface area contributed by atoms with Crippen LogP contribution in [0.4, 0.5) is 4.39 Å². The highest BCUT2D eigenvalue weighted by atomic mass is 19.1. The topological polar surface area (TPSA) is 59.4 Å². The van der Waals surface area contributed by atoms with E-state index in [9.17, 15) is 9.18 Å². The van der Waals surface area contributed by atoms with Crippen LogP contribution in [-0.4, -0.2) is 22.2 Å². The van der Waals surface area contributed by atoms with Gasteiger partial charge in [-0.1, -0.05) is 0 Å². The summed E-state index contributed by atoms with van der Waals surface area (Å²) in [7, 11) is 0. The summed E-state index contributed by atoms with van der Waals surface area (Å²) in [5.74, 6) is -1.83. The number of carboxylic acids is 1. The van der Waals surface area contributed by atoms with Crippen LogP contribution in [0.5, 0.6) is 5.75 Å². The van der Waals surface area contributed by atoms with E-state index in [0.717, 1.165) is 25.1 Å². The Hall–Kier alpha value is -1.65. The van der Waals surface area contributed by atoms with Gasteiger partial charge in [0.1, 0.15) is 11.3 Å². The van der Waals surface area contributed by atoms with Gasteiger partial charge in [0.2, 0.25) is 5.95 Å². The summed E-state index contributed by atoms with van der Waals surface area (Å²) in [5.41, 5.74) is -0.0988. The molecule has 1 aromatic heterocycles. The lowest BCUT2D eigenvalue weighted by molar-refractivity contribution is 0.0691. The van der Waals surface area contributed by atoms with Crippen molar-refractivity contribution >= 4 is 5.97 Å². The highest BCUT2D eigenvalue weighted by molar-refractivity contribution is 5.90. The Morgan fingerprint density at radius 1 is 1.64 bits per heavy atom. The lowest BCUT2D eigenvalue weighted by Crippen LogP contribution is -2.06. The molecule has 0 unspecified atom stereocenters. The molecular weight excluding hydrogens is 189 g/mol. The highest BCUT2D eigenvalue weighted by Crippen LogP contribution is 2.29. The van der Waals surface area contributed by atoms with Crippen molar-refractivity contribution in [2.45, 2.75) is 18.9 Å². The minimum absolute atomic E-state index is 0.0369. The number of halogens is 1. The van der Waals surface area contributed by atoms with E-state index in [-0.39, 0.29) is 17.4 Å². The molecule has 1 heterocycles. The number of pyridine rings is 1. The molecule has 2 rings (SSSR count). The predicted octanol–water partition coefficient (Wildman–Crippen LogP) is 1.46. The number of ether oxygens (including phenoxy) is 1. The fourth-order valence-corrected chi connectivity index (χ4v) is 1.04. The van der Waals surface area contributed by atoms with Crippen LogP contribution in [-0.2, 0) is 0 Å². The Balaban J connectivity index is 2.31. The Labute approximate surface area is 79.3 Å². The highest BCUT2D eigenvalue weighted by Gasteiger charge is 2.26. The Morgan fingerprint density at radius 2 is 2.36 bits per heavy atom. The van der Waals surface area contributed by atoms with E-state index >= 15 is 0 Å². The molecule has 0 radical (unpaired) electrons. The van der Waals surface area contributed by atoms with E-state index in [1.165, 1.54) is 0 Å². The van der Waals surface area contributed by atoms with Crippen LogP contribution in [0.15, 0.2) is 12.3 Å². The van der Waals surface area contributed by atoms with E-state index in [1.54, 1.807) is 0 Å². The molecule has 14 heavy (non-hydrogen) atoms. The summed E-state index contributed by atoms with van der Waals surface area (Å²) in [4.78, 5) is 14.0. The van der Waals surface area contributed by atoms with E-state index < -0.39 is 11.9 Å². The van der Waals surface area contributed by atoms with Crippen molar-refractivity contribution in [2.24, 2.45) is 0 Å². The number of hydrogen-bond acceptors (Lipinski definition) is 3. The first-order valence-corrected chi connectivity index (χ1v) is 4.22. The number of aromatic carboxylic acids is 1. The van der Waals surface area contributed by atoms with Crippen molar-refractivity contribution in [3.63, 3.8) is 0 Å². The molecule has 5 heteroatoms. The van der Waals surface area contributed by atoms with Crippen LogP contribution < -0.4 is 4.74 Å². The average Bonchev–Trinajstić information content (AvgIpc) is 2.87. The van der Waals surface area contributed by atoms with E-state index in [0.29, 0.717) is 0 Å². The monoisotopic (exact) mass is 197 g/mol. The van der Waals surface area contributed by atoms with Crippen molar-refractivity contribution in [3.05, 3.63) is 23.8 Å². The average molecular weight is 197 g/mol. The standard InChI is InChI=1S/C9H8FNO3/c10-8-3-7(14-5-1-2-5)6(4-11-8)9(12)13/h3-5H,1-2H2,(H,12,13). The molecule has 0 atom stereocenters. The predicted molar refractivity (Wildman–Crippen MR) is 44.8 cm³/mol. The third kappa shape index (κ3) is 1.81. The molecule has 0 amide bonds. The van der Waals surface area contributed by atoms with Crippen LogP contribution in [0.1, 0.15) is 23.2 Å². The van der Waals surface area contributed by atoms with Crippen molar-refractivity contribution in [1.82, 2.24) is 4.98 Å². The molecule has 1 aliphatic rings. The summed E-state index contributed by atoms with van der Waals surface area (Å²) < 4.78 is 17.9. The van der Waals surface area contributed by atoms with Crippen molar-refractivity contribution in [1.29, 1.82) is 0 Å². The molecule has 0 aliphatic heterocycles. The molecule has 1 fully saturated rings. The minimum Gasteiger partial charge on any atom is -0.489 e. The minimum atomic E-state index is -1.16. The summed E-state index contributed by atoms with van der Waals surface area (Å²) in [5, 5.41) is 8.75. The molecule has 0 aromatic carbocycles. The second-order valence-corrected chi connectivity index (χ2v) is 3.13. The van der Waals surface area contributed by atoms with Gasteiger partial charge in [-0.2, -0.15) is 4.39 Å². The normalized spacial score (nSPS) is 15.2. The number of carboxylic acid groups (broad SMARTS) is 1. The van der Waals surface area contributed by atoms with Crippen LogP contribution >= 0.6 is 0 Å². The molecule has 0 saturated heterocycles. The molecule has 1 aliphatic carbocycles. The Kier molecular flexibility index (Phi) is 2.07. The van der Waals surface area contributed by atoms with Crippen LogP contribution in [0.25, 0.3) is 0 Å². The molecule has 0 spiro atoms. The van der Waals surface area contributed by atoms with Gasteiger partial charge in [0.25, 0.3) is 0 Å². The van der Waals surface area contributed by atoms with Gasteiger partial charge in [-0.05, 0) is 12.8 Å². The number of rotatable bonds is 3. The van der Waals surface area contributed by atoms with Gasteiger partial charge in [0.05, 0.1) is 6.10 Å². The van der Waals surface area contributed by atoms with E-state index in [4.69, 9.17) is 9.84 Å². The molecule has 74 valence electrons. The van der Waals surface area contributed by atoms with Crippen molar-refractivity contribution in [3.8, 4) is 5.75 Å². The second kappa shape index (κ2) is 3.25. The zero-order chi connectivity index (χ0) is 10.1. The quantitative estimate of drug-likeness (QED) is 0.745. The zero-order valence-electron chi connectivity index (χ0n) is 7.24. The van der Waals surface area contributed by atoms with E-state index in [2.05, 4.69) is 4.98 Å². The number of nitrogens with zero attached hydrogens (tertiary/aromatic N) is 1. The lowest BCUT2D eigenvalue weighted by atomic mass is 10.2. The summed E-state index contributed by atoms with van der Waals surface area (Å²) in [6.45, 7) is 0. The SMILES string of the molecule is O=C(O)c1cnc(F)cc1OC1CC1. The fraction of sp³-hybridized carbons (Fsp3) is 0.333. The molecule has 1 aromatic rings. The maximum absolute atomic E-state index is 12.7. The van der Waals surface area contributed by atoms with Crippen molar-refractivity contribution in [2.75, 3.05) is 0 Å². The van der Waals surface area contributed by atoms with Gasteiger partial charge >= 0.3 is 5.97 Å². The van der Waals surface area contributed by atoms with Crippen LogP contribution in [0, 0.1) is 5.95 Å². The summed E-state index contributed by atoms with van der Waals surface area (Å²) >= 11 is 0. The fourth-order valence-electron chi connectivity index (χ4n) is 1.04. The lowest BCUT2D eigenvalue weighted by Gasteiger charge is -2.06. The van der Waals surface area contributed by atoms with Crippen LogP contribution in [0.2, 0.25) is 0 Å². The molecular formula is C9H8FNO3. The third-order valence-electron chi connectivity index (χ3n) is 1.88. The maximum atomic E-state index is 12.7. The first-order valence-electron chi connectivity index (χ1n) is 4.22. The molecule has 0 bridgehead atoms. The summed E-state index contributed by atoms with van der Waals surface area (Å²) in [6, 6.07) is 1.00. The van der Waals surface area contributed by atoms with Gasteiger partial charge in [-0.15, -0.1) is 0 Å². The largest absolute Gasteiger partial charge is 0.489 e.